The van der Waals surface area contributed by atoms with E-state index in [2.05, 4.69) is 40.4 Å². The number of nitrogens with one attached hydrogen (secondary N) is 1. The van der Waals surface area contributed by atoms with Crippen molar-refractivity contribution in [2.75, 3.05) is 16.8 Å². The number of nitrogen functional groups attached to an aromatic ring is 1. The predicted molar refractivity (Wildman–Crippen MR) is 99.3 cm³/mol. The SMILES string of the molecule is CCCCSc1nc(N)cc(Nc2cccc3ccccc23)n1. The van der Waals surface area contributed by atoms with Crippen molar-refractivity contribution >= 4 is 39.9 Å². The van der Waals surface area contributed by atoms with E-state index in [4.69, 9.17) is 5.73 Å². The number of thioether (sulfide) groups is 1. The molecule has 118 valence electrons. The number of hydrogen-bond donors (Lipinski definition) is 2. The number of anilines is 3. The van der Waals surface area contributed by atoms with Gasteiger partial charge in [0.25, 0.3) is 0 Å². The fraction of sp³-hybridized carbons (Fsp3) is 0.222. The summed E-state index contributed by atoms with van der Waals surface area (Å²) in [5.74, 6) is 2.22. The molecule has 0 aliphatic rings. The molecule has 0 radical (unpaired) electrons. The Labute approximate surface area is 140 Å². The number of rotatable bonds is 6. The molecule has 0 unspecified atom stereocenters. The van der Waals surface area contributed by atoms with E-state index in [1.165, 1.54) is 5.39 Å². The Bertz CT molecular complexity index is 799. The maximum atomic E-state index is 5.93. The molecule has 3 N–H and O–H groups in total. The minimum Gasteiger partial charge on any atom is -0.383 e. The largest absolute Gasteiger partial charge is 0.383 e. The van der Waals surface area contributed by atoms with E-state index < -0.39 is 0 Å². The topological polar surface area (TPSA) is 63.8 Å². The van der Waals surface area contributed by atoms with Crippen LogP contribution in [0.1, 0.15) is 19.8 Å². The second kappa shape index (κ2) is 7.33. The van der Waals surface area contributed by atoms with Crippen LogP contribution in [0, 0.1) is 0 Å². The highest BCUT2D eigenvalue weighted by Crippen LogP contribution is 2.27. The number of benzene rings is 2. The van der Waals surface area contributed by atoms with Crippen molar-refractivity contribution in [1.29, 1.82) is 0 Å². The molecule has 1 aromatic heterocycles. The average molecular weight is 324 g/mol. The summed E-state index contributed by atoms with van der Waals surface area (Å²) in [5, 5.41) is 6.45. The van der Waals surface area contributed by atoms with Gasteiger partial charge in [0.1, 0.15) is 11.6 Å². The van der Waals surface area contributed by atoms with Gasteiger partial charge in [0.2, 0.25) is 0 Å². The molecular weight excluding hydrogens is 304 g/mol. The predicted octanol–water partition coefficient (Wildman–Crippen LogP) is 4.85. The zero-order chi connectivity index (χ0) is 16.1. The Kier molecular flexibility index (Phi) is 4.98. The van der Waals surface area contributed by atoms with Crippen LogP contribution in [0.2, 0.25) is 0 Å². The first-order valence-corrected chi connectivity index (χ1v) is 8.77. The number of nitrogens with two attached hydrogens (primary N) is 1. The van der Waals surface area contributed by atoms with Crippen molar-refractivity contribution in [2.24, 2.45) is 0 Å². The summed E-state index contributed by atoms with van der Waals surface area (Å²) >= 11 is 1.65. The molecule has 0 amide bonds. The first-order valence-electron chi connectivity index (χ1n) is 7.78. The van der Waals surface area contributed by atoms with Crippen LogP contribution in [0.3, 0.4) is 0 Å². The lowest BCUT2D eigenvalue weighted by Crippen LogP contribution is -2.01. The van der Waals surface area contributed by atoms with Crippen LogP contribution in [0.15, 0.2) is 53.7 Å². The minimum atomic E-state index is 0.488. The van der Waals surface area contributed by atoms with Crippen LogP contribution in [0.25, 0.3) is 10.8 Å². The van der Waals surface area contributed by atoms with Gasteiger partial charge in [0, 0.05) is 22.9 Å². The van der Waals surface area contributed by atoms with Crippen LogP contribution >= 0.6 is 11.8 Å². The second-order valence-electron chi connectivity index (χ2n) is 5.31. The highest BCUT2D eigenvalue weighted by Gasteiger charge is 2.06. The number of unbranched alkanes of at least 4 members (excludes halogenated alkanes) is 1. The second-order valence-corrected chi connectivity index (χ2v) is 6.38. The molecule has 4 nitrogen and oxygen atoms in total. The minimum absolute atomic E-state index is 0.488. The van der Waals surface area contributed by atoms with E-state index >= 15 is 0 Å². The lowest BCUT2D eigenvalue weighted by Gasteiger charge is -2.10. The molecule has 0 saturated carbocycles. The first-order chi connectivity index (χ1) is 11.3. The quantitative estimate of drug-likeness (QED) is 0.385. The Balaban J connectivity index is 1.86. The van der Waals surface area contributed by atoms with Gasteiger partial charge in [-0.25, -0.2) is 9.97 Å². The summed E-state index contributed by atoms with van der Waals surface area (Å²) in [7, 11) is 0. The number of nitrogens with zero attached hydrogens (tertiary/aromatic N) is 2. The molecule has 23 heavy (non-hydrogen) atoms. The molecule has 0 fully saturated rings. The van der Waals surface area contributed by atoms with E-state index in [0.29, 0.717) is 5.82 Å². The van der Waals surface area contributed by atoms with E-state index in [-0.39, 0.29) is 0 Å². The van der Waals surface area contributed by atoms with E-state index in [0.717, 1.165) is 40.6 Å². The Morgan fingerprint density at radius 1 is 1.09 bits per heavy atom. The van der Waals surface area contributed by atoms with Crippen molar-refractivity contribution in [2.45, 2.75) is 24.9 Å². The highest BCUT2D eigenvalue weighted by molar-refractivity contribution is 7.99. The fourth-order valence-electron chi connectivity index (χ4n) is 2.35. The van der Waals surface area contributed by atoms with Crippen LogP contribution < -0.4 is 11.1 Å². The first kappa shape index (κ1) is 15.6. The van der Waals surface area contributed by atoms with Gasteiger partial charge in [0.15, 0.2) is 5.16 Å². The van der Waals surface area contributed by atoms with E-state index in [1.807, 2.05) is 24.3 Å². The van der Waals surface area contributed by atoms with E-state index in [1.54, 1.807) is 17.8 Å². The Hall–Kier alpha value is -2.27. The third-order valence-electron chi connectivity index (χ3n) is 3.51. The molecule has 0 bridgehead atoms. The summed E-state index contributed by atoms with van der Waals surface area (Å²) in [6, 6.07) is 16.2. The number of hydrogen-bond acceptors (Lipinski definition) is 5. The Morgan fingerprint density at radius 3 is 2.78 bits per heavy atom. The van der Waals surface area contributed by atoms with Gasteiger partial charge in [-0.2, -0.15) is 0 Å². The maximum absolute atomic E-state index is 5.93. The molecule has 0 aliphatic heterocycles. The molecular formula is C18H20N4S. The van der Waals surface area contributed by atoms with Gasteiger partial charge < -0.3 is 11.1 Å². The molecule has 0 saturated heterocycles. The lowest BCUT2D eigenvalue weighted by atomic mass is 10.1. The average Bonchev–Trinajstić information content (AvgIpc) is 2.55. The standard InChI is InChI=1S/C18H20N4S/c1-2-3-11-23-18-21-16(19)12-17(22-18)20-15-10-6-8-13-7-4-5-9-14(13)15/h4-10,12H,2-3,11H2,1H3,(H3,19,20,21,22). The van der Waals surface area contributed by atoms with Crippen LogP contribution in [-0.2, 0) is 0 Å². The van der Waals surface area contributed by atoms with Crippen molar-refractivity contribution in [3.05, 3.63) is 48.5 Å². The number of aromatic nitrogens is 2. The third-order valence-corrected chi connectivity index (χ3v) is 4.44. The molecule has 1 heterocycles. The molecule has 2 aromatic carbocycles. The fourth-order valence-corrected chi connectivity index (χ4v) is 3.30. The summed E-state index contributed by atoms with van der Waals surface area (Å²) in [4.78, 5) is 8.87. The van der Waals surface area contributed by atoms with Gasteiger partial charge in [-0.05, 0) is 17.9 Å². The summed E-state index contributed by atoms with van der Waals surface area (Å²) in [6.45, 7) is 2.17. The monoisotopic (exact) mass is 324 g/mol. The van der Waals surface area contributed by atoms with Crippen molar-refractivity contribution in [3.63, 3.8) is 0 Å². The Morgan fingerprint density at radius 2 is 1.91 bits per heavy atom. The zero-order valence-electron chi connectivity index (χ0n) is 13.1. The summed E-state index contributed by atoms with van der Waals surface area (Å²) < 4.78 is 0. The van der Waals surface area contributed by atoms with Crippen molar-refractivity contribution in [3.8, 4) is 0 Å². The molecule has 5 heteroatoms. The highest BCUT2D eigenvalue weighted by atomic mass is 32.2. The molecule has 3 aromatic rings. The van der Waals surface area contributed by atoms with Gasteiger partial charge in [-0.1, -0.05) is 61.5 Å². The molecule has 0 spiro atoms. The zero-order valence-corrected chi connectivity index (χ0v) is 13.9. The van der Waals surface area contributed by atoms with Gasteiger partial charge in [-0.3, -0.25) is 0 Å². The van der Waals surface area contributed by atoms with Crippen LogP contribution in [0.4, 0.5) is 17.3 Å². The lowest BCUT2D eigenvalue weighted by molar-refractivity contribution is 0.889. The smallest absolute Gasteiger partial charge is 0.191 e. The normalized spacial score (nSPS) is 10.8. The number of fused-ring (bicyclic) bond motifs is 1. The van der Waals surface area contributed by atoms with Crippen molar-refractivity contribution < 1.29 is 0 Å². The molecule has 0 atom stereocenters. The maximum Gasteiger partial charge on any atom is 0.191 e. The van der Waals surface area contributed by atoms with Gasteiger partial charge in [0.05, 0.1) is 0 Å². The van der Waals surface area contributed by atoms with E-state index in [9.17, 15) is 0 Å². The molecule has 0 aliphatic carbocycles. The van der Waals surface area contributed by atoms with Gasteiger partial charge >= 0.3 is 0 Å². The third kappa shape index (κ3) is 3.93. The summed E-state index contributed by atoms with van der Waals surface area (Å²) in [5.41, 5.74) is 6.94. The van der Waals surface area contributed by atoms with Crippen molar-refractivity contribution in [1.82, 2.24) is 9.97 Å². The summed E-state index contributed by atoms with van der Waals surface area (Å²) in [6.07, 6.45) is 2.31. The van der Waals surface area contributed by atoms with Gasteiger partial charge in [-0.15, -0.1) is 0 Å². The van der Waals surface area contributed by atoms with Crippen LogP contribution in [-0.4, -0.2) is 15.7 Å². The van der Waals surface area contributed by atoms with Crippen LogP contribution in [0.5, 0.6) is 0 Å². The molecule has 3 rings (SSSR count).